The van der Waals surface area contributed by atoms with Crippen molar-refractivity contribution in [2.45, 2.75) is 19.1 Å². The van der Waals surface area contributed by atoms with E-state index in [1.807, 2.05) is 21.0 Å². The van der Waals surface area contributed by atoms with Crippen LogP contribution in [0, 0.1) is 0 Å². The molecule has 7 nitrogen and oxygen atoms in total. The summed E-state index contributed by atoms with van der Waals surface area (Å²) in [5.74, 6) is 1.26. The molecule has 0 aliphatic carbocycles. The smallest absolute Gasteiger partial charge is 0.315 e. The van der Waals surface area contributed by atoms with Crippen LogP contribution in [0.25, 0.3) is 0 Å². The average Bonchev–Trinajstić information content (AvgIpc) is 2.35. The first kappa shape index (κ1) is 15.5. The number of carbonyl (C=O) groups is 1. The molecule has 0 amide bonds. The largest absolute Gasteiger partial charge is 0.465 e. The van der Waals surface area contributed by atoms with Gasteiger partial charge in [-0.2, -0.15) is 15.0 Å². The molecule has 0 radical (unpaired) electrons. The number of anilines is 2. The summed E-state index contributed by atoms with van der Waals surface area (Å²) in [5, 5.41) is -0.0617. The van der Waals surface area contributed by atoms with Crippen molar-refractivity contribution in [2.24, 2.45) is 0 Å². The van der Waals surface area contributed by atoms with E-state index in [4.69, 9.17) is 10.5 Å². The molecule has 19 heavy (non-hydrogen) atoms. The molecule has 8 heteroatoms. The maximum absolute atomic E-state index is 11.3. The number of hydrogen-bond acceptors (Lipinski definition) is 8. The van der Waals surface area contributed by atoms with Crippen LogP contribution >= 0.6 is 11.8 Å². The van der Waals surface area contributed by atoms with Crippen LogP contribution in [0.2, 0.25) is 0 Å². The summed E-state index contributed by atoms with van der Waals surface area (Å²) in [6, 6.07) is 0. The number of nitrogens with two attached hydrogens (primary N) is 1. The molecule has 1 atom stereocenters. The summed E-state index contributed by atoms with van der Waals surface area (Å²) in [6.45, 7) is 4.08. The summed E-state index contributed by atoms with van der Waals surface area (Å²) in [4.78, 5) is 25.5. The number of aromatic nitrogens is 3. The molecule has 0 fully saturated rings. The normalized spacial score (nSPS) is 12.0. The van der Waals surface area contributed by atoms with Crippen molar-refractivity contribution in [3.05, 3.63) is 5.82 Å². The zero-order valence-corrected chi connectivity index (χ0v) is 12.4. The van der Waals surface area contributed by atoms with Crippen LogP contribution in [-0.4, -0.2) is 47.4 Å². The third-order valence-electron chi connectivity index (χ3n) is 2.18. The summed E-state index contributed by atoms with van der Waals surface area (Å²) in [6.07, 6.45) is 0. The van der Waals surface area contributed by atoms with Crippen molar-refractivity contribution in [1.82, 2.24) is 15.0 Å². The SMILES string of the molecule is CCOC(=O)CSC(C)c1nc(N)nc(N(C)C)n1. The molecule has 0 aliphatic rings. The van der Waals surface area contributed by atoms with Gasteiger partial charge in [-0.05, 0) is 13.8 Å². The van der Waals surface area contributed by atoms with Crippen LogP contribution in [-0.2, 0) is 9.53 Å². The predicted octanol–water partition coefficient (Wildman–Crippen LogP) is 0.877. The fourth-order valence-electron chi connectivity index (χ4n) is 1.25. The first-order valence-electron chi connectivity index (χ1n) is 5.90. The molecule has 2 N–H and O–H groups in total. The van der Waals surface area contributed by atoms with Crippen LogP contribution in [0.4, 0.5) is 11.9 Å². The van der Waals surface area contributed by atoms with Crippen LogP contribution in [0.15, 0.2) is 0 Å². The summed E-state index contributed by atoms with van der Waals surface area (Å²) < 4.78 is 4.87. The second-order valence-corrected chi connectivity index (χ2v) is 5.33. The maximum atomic E-state index is 11.3. The van der Waals surface area contributed by atoms with Gasteiger partial charge < -0.3 is 15.4 Å². The Bertz CT molecular complexity index is 441. The monoisotopic (exact) mass is 285 g/mol. The van der Waals surface area contributed by atoms with E-state index in [0.717, 1.165) is 0 Å². The number of esters is 1. The second kappa shape index (κ2) is 7.13. The van der Waals surface area contributed by atoms with E-state index in [2.05, 4.69) is 15.0 Å². The van der Waals surface area contributed by atoms with E-state index in [1.54, 1.807) is 11.8 Å². The van der Waals surface area contributed by atoms with E-state index in [-0.39, 0.29) is 22.9 Å². The van der Waals surface area contributed by atoms with E-state index in [9.17, 15) is 4.79 Å². The molecular formula is C11H19N5O2S. The van der Waals surface area contributed by atoms with Gasteiger partial charge in [0, 0.05) is 14.1 Å². The first-order valence-corrected chi connectivity index (χ1v) is 6.95. The number of ether oxygens (including phenoxy) is 1. The van der Waals surface area contributed by atoms with Gasteiger partial charge >= 0.3 is 5.97 Å². The lowest BCUT2D eigenvalue weighted by atomic mass is 10.4. The number of rotatable bonds is 6. The zero-order chi connectivity index (χ0) is 14.4. The number of hydrogen-bond donors (Lipinski definition) is 1. The lowest BCUT2D eigenvalue weighted by molar-refractivity contribution is -0.139. The summed E-state index contributed by atoms with van der Waals surface area (Å²) in [5.41, 5.74) is 5.65. The van der Waals surface area contributed by atoms with Crippen molar-refractivity contribution < 1.29 is 9.53 Å². The Balaban J connectivity index is 2.71. The van der Waals surface area contributed by atoms with E-state index in [1.165, 1.54) is 11.8 Å². The van der Waals surface area contributed by atoms with Crippen LogP contribution < -0.4 is 10.6 Å². The third-order valence-corrected chi connectivity index (χ3v) is 3.29. The molecule has 0 aromatic carbocycles. The van der Waals surface area contributed by atoms with E-state index >= 15 is 0 Å². The molecule has 1 rings (SSSR count). The highest BCUT2D eigenvalue weighted by atomic mass is 32.2. The molecule has 1 aromatic rings. The predicted molar refractivity (Wildman–Crippen MR) is 76.1 cm³/mol. The number of nitrogens with zero attached hydrogens (tertiary/aromatic N) is 4. The van der Waals surface area contributed by atoms with Crippen molar-refractivity contribution in [3.8, 4) is 0 Å². The molecular weight excluding hydrogens is 266 g/mol. The fraction of sp³-hybridized carbons (Fsp3) is 0.636. The van der Waals surface area contributed by atoms with Crippen LogP contribution in [0.3, 0.4) is 0 Å². The van der Waals surface area contributed by atoms with Crippen molar-refractivity contribution >= 4 is 29.6 Å². The molecule has 106 valence electrons. The van der Waals surface area contributed by atoms with Crippen molar-refractivity contribution in [2.75, 3.05) is 37.1 Å². The molecule has 1 unspecified atom stereocenters. The maximum Gasteiger partial charge on any atom is 0.315 e. The quantitative estimate of drug-likeness (QED) is 0.770. The van der Waals surface area contributed by atoms with Crippen LogP contribution in [0.1, 0.15) is 24.9 Å². The Morgan fingerprint density at radius 1 is 1.42 bits per heavy atom. The zero-order valence-electron chi connectivity index (χ0n) is 11.6. The number of carbonyl (C=O) groups excluding carboxylic acids is 1. The highest BCUT2D eigenvalue weighted by Gasteiger charge is 2.15. The minimum absolute atomic E-state index is 0.0617. The van der Waals surface area contributed by atoms with Crippen LogP contribution in [0.5, 0.6) is 0 Å². The molecule has 0 bridgehead atoms. The van der Waals surface area contributed by atoms with Gasteiger partial charge in [0.05, 0.1) is 17.6 Å². The van der Waals surface area contributed by atoms with Gasteiger partial charge in [0.1, 0.15) is 5.82 Å². The summed E-state index contributed by atoms with van der Waals surface area (Å²) in [7, 11) is 3.66. The molecule has 0 aliphatic heterocycles. The van der Waals surface area contributed by atoms with Gasteiger partial charge in [-0.25, -0.2) is 0 Å². The lowest BCUT2D eigenvalue weighted by Gasteiger charge is -2.14. The molecule has 0 saturated carbocycles. The first-order chi connectivity index (χ1) is 8.93. The summed E-state index contributed by atoms with van der Waals surface area (Å²) >= 11 is 1.41. The van der Waals surface area contributed by atoms with E-state index < -0.39 is 0 Å². The fourth-order valence-corrected chi connectivity index (χ4v) is 1.97. The average molecular weight is 285 g/mol. The Kier molecular flexibility index (Phi) is 5.81. The molecule has 0 spiro atoms. The van der Waals surface area contributed by atoms with Gasteiger partial charge in [0.15, 0.2) is 0 Å². The molecule has 1 heterocycles. The Hall–Kier alpha value is -1.57. The number of thioether (sulfide) groups is 1. The van der Waals surface area contributed by atoms with Gasteiger partial charge in [-0.15, -0.1) is 11.8 Å². The topological polar surface area (TPSA) is 94.2 Å². The Morgan fingerprint density at radius 3 is 2.68 bits per heavy atom. The molecule has 0 saturated heterocycles. The van der Waals surface area contributed by atoms with Crippen molar-refractivity contribution in [3.63, 3.8) is 0 Å². The standard InChI is InChI=1S/C11H19N5O2S/c1-5-18-8(17)6-19-7(2)9-13-10(12)15-11(14-9)16(3)4/h7H,5-6H2,1-4H3,(H2,12,13,14,15). The Labute approximate surface area is 117 Å². The highest BCUT2D eigenvalue weighted by molar-refractivity contribution is 8.00. The van der Waals surface area contributed by atoms with E-state index in [0.29, 0.717) is 18.4 Å². The number of nitrogen functional groups attached to an aromatic ring is 1. The minimum Gasteiger partial charge on any atom is -0.465 e. The minimum atomic E-state index is -0.241. The lowest BCUT2D eigenvalue weighted by Crippen LogP contribution is -2.17. The van der Waals surface area contributed by atoms with Crippen molar-refractivity contribution in [1.29, 1.82) is 0 Å². The molecule has 1 aromatic heterocycles. The van der Waals surface area contributed by atoms with Gasteiger partial charge in [-0.1, -0.05) is 0 Å². The van der Waals surface area contributed by atoms with Gasteiger partial charge in [-0.3, -0.25) is 4.79 Å². The Morgan fingerprint density at radius 2 is 2.11 bits per heavy atom. The second-order valence-electron chi connectivity index (χ2n) is 4.00. The van der Waals surface area contributed by atoms with Gasteiger partial charge in [0.25, 0.3) is 0 Å². The third kappa shape index (κ3) is 4.90. The van der Waals surface area contributed by atoms with Gasteiger partial charge in [0.2, 0.25) is 11.9 Å². The highest BCUT2D eigenvalue weighted by Crippen LogP contribution is 2.26.